The highest BCUT2D eigenvalue weighted by atomic mass is 32.2. The van der Waals surface area contributed by atoms with Gasteiger partial charge in [-0.05, 0) is 23.8 Å². The highest BCUT2D eigenvalue weighted by molar-refractivity contribution is 8.00. The first-order valence-corrected chi connectivity index (χ1v) is 7.45. The van der Waals surface area contributed by atoms with E-state index in [-0.39, 0.29) is 17.8 Å². The second-order valence-electron chi connectivity index (χ2n) is 4.70. The van der Waals surface area contributed by atoms with Crippen molar-refractivity contribution in [2.75, 3.05) is 5.75 Å². The normalized spacial score (nSPS) is 18.3. The van der Waals surface area contributed by atoms with E-state index in [4.69, 9.17) is 0 Å². The second-order valence-corrected chi connectivity index (χ2v) is 5.77. The third-order valence-electron chi connectivity index (χ3n) is 3.32. The molecule has 21 heavy (non-hydrogen) atoms. The minimum atomic E-state index is -0.631. The van der Waals surface area contributed by atoms with Gasteiger partial charge in [0.25, 0.3) is 0 Å². The molecule has 1 aliphatic rings. The van der Waals surface area contributed by atoms with E-state index in [9.17, 15) is 13.6 Å². The summed E-state index contributed by atoms with van der Waals surface area (Å²) in [6.45, 7) is 0.130. The van der Waals surface area contributed by atoms with Crippen LogP contribution in [0.1, 0.15) is 16.5 Å². The van der Waals surface area contributed by atoms with E-state index < -0.39 is 11.6 Å². The van der Waals surface area contributed by atoms with Crippen molar-refractivity contribution >= 4 is 17.7 Å². The molecule has 108 valence electrons. The Morgan fingerprint density at radius 2 is 2.00 bits per heavy atom. The second kappa shape index (κ2) is 5.81. The Hall–Kier alpha value is -1.95. The molecule has 1 saturated heterocycles. The van der Waals surface area contributed by atoms with Gasteiger partial charge in [-0.1, -0.05) is 6.07 Å². The number of nitrogens with zero attached hydrogens (tertiary/aromatic N) is 2. The lowest BCUT2D eigenvalue weighted by atomic mass is 10.1. The number of carbonyl (C=O) groups excluding carboxylic acids is 1. The predicted molar refractivity (Wildman–Crippen MR) is 76.3 cm³/mol. The van der Waals surface area contributed by atoms with Gasteiger partial charge in [-0.25, -0.2) is 8.78 Å². The molecule has 2 aromatic rings. The van der Waals surface area contributed by atoms with E-state index in [2.05, 4.69) is 4.98 Å². The topological polar surface area (TPSA) is 33.2 Å². The molecule has 0 spiro atoms. The monoisotopic (exact) mass is 306 g/mol. The Kier molecular flexibility index (Phi) is 3.88. The van der Waals surface area contributed by atoms with Crippen LogP contribution in [-0.2, 0) is 11.3 Å². The number of rotatable bonds is 3. The van der Waals surface area contributed by atoms with E-state index in [1.165, 1.54) is 23.9 Å². The number of amides is 1. The summed E-state index contributed by atoms with van der Waals surface area (Å²) >= 11 is 1.49. The van der Waals surface area contributed by atoms with E-state index >= 15 is 0 Å². The molecule has 3 nitrogen and oxygen atoms in total. The van der Waals surface area contributed by atoms with Gasteiger partial charge in [0.2, 0.25) is 5.91 Å². The van der Waals surface area contributed by atoms with Crippen LogP contribution in [0.3, 0.4) is 0 Å². The number of benzene rings is 1. The number of thioether (sulfide) groups is 1. The zero-order chi connectivity index (χ0) is 14.8. The molecule has 1 aliphatic heterocycles. The molecule has 0 radical (unpaired) electrons. The van der Waals surface area contributed by atoms with Crippen molar-refractivity contribution in [3.63, 3.8) is 0 Å². The first-order chi connectivity index (χ1) is 10.1. The average molecular weight is 306 g/mol. The molecule has 3 rings (SSSR count). The zero-order valence-corrected chi connectivity index (χ0v) is 11.8. The Morgan fingerprint density at radius 3 is 2.71 bits per heavy atom. The van der Waals surface area contributed by atoms with Crippen LogP contribution in [-0.4, -0.2) is 21.5 Å². The molecule has 0 bridgehead atoms. The lowest BCUT2D eigenvalue weighted by Crippen LogP contribution is -2.28. The van der Waals surface area contributed by atoms with Gasteiger partial charge in [0.15, 0.2) is 0 Å². The Balaban J connectivity index is 1.86. The summed E-state index contributed by atoms with van der Waals surface area (Å²) in [6, 6.07) is 7.09. The van der Waals surface area contributed by atoms with Crippen molar-refractivity contribution in [3.8, 4) is 0 Å². The molecular formula is C15H12F2N2OS. The van der Waals surface area contributed by atoms with Crippen LogP contribution in [0, 0.1) is 11.6 Å². The van der Waals surface area contributed by atoms with E-state index in [0.717, 1.165) is 11.6 Å². The predicted octanol–water partition coefficient (Wildman–Crippen LogP) is 3.13. The first kappa shape index (κ1) is 14.0. The molecule has 1 aromatic carbocycles. The summed E-state index contributed by atoms with van der Waals surface area (Å²) in [5.41, 5.74) is 1.26. The fraction of sp³-hybridized carbons (Fsp3) is 0.200. The fourth-order valence-corrected chi connectivity index (χ4v) is 3.45. The van der Waals surface area contributed by atoms with Crippen LogP contribution in [0.15, 0.2) is 42.7 Å². The van der Waals surface area contributed by atoms with Gasteiger partial charge in [0, 0.05) is 30.6 Å². The van der Waals surface area contributed by atoms with Crippen LogP contribution in [0.4, 0.5) is 8.78 Å². The van der Waals surface area contributed by atoms with Crippen molar-refractivity contribution in [2.24, 2.45) is 0 Å². The summed E-state index contributed by atoms with van der Waals surface area (Å²) in [5.74, 6) is -0.946. The van der Waals surface area contributed by atoms with Gasteiger partial charge >= 0.3 is 0 Å². The summed E-state index contributed by atoms with van der Waals surface area (Å²) in [4.78, 5) is 17.6. The molecule has 2 heterocycles. The van der Waals surface area contributed by atoms with Gasteiger partial charge in [0.05, 0.1) is 5.75 Å². The molecule has 1 fully saturated rings. The number of halogens is 2. The number of pyridine rings is 1. The van der Waals surface area contributed by atoms with Crippen molar-refractivity contribution < 1.29 is 13.6 Å². The third kappa shape index (κ3) is 2.90. The quantitative estimate of drug-likeness (QED) is 0.873. The molecule has 1 amide bonds. The molecule has 0 aliphatic carbocycles. The largest absolute Gasteiger partial charge is 0.321 e. The van der Waals surface area contributed by atoms with Crippen molar-refractivity contribution in [1.82, 2.24) is 9.88 Å². The van der Waals surface area contributed by atoms with E-state index in [1.54, 1.807) is 17.3 Å². The fourth-order valence-electron chi connectivity index (χ4n) is 2.26. The Labute approximate surface area is 125 Å². The van der Waals surface area contributed by atoms with Crippen LogP contribution in [0.5, 0.6) is 0 Å². The summed E-state index contributed by atoms with van der Waals surface area (Å²) < 4.78 is 26.7. The standard InChI is InChI=1S/C15H12F2N2OS/c16-12-2-1-11(13(17)7-12)8-19-14(20)9-21-15(19)10-3-5-18-6-4-10/h1-7,15H,8-9H2. The number of aromatic nitrogens is 1. The van der Waals surface area contributed by atoms with Gasteiger partial charge in [0.1, 0.15) is 17.0 Å². The lowest BCUT2D eigenvalue weighted by molar-refractivity contribution is -0.128. The molecule has 1 aromatic heterocycles. The van der Waals surface area contributed by atoms with Crippen LogP contribution < -0.4 is 0 Å². The smallest absolute Gasteiger partial charge is 0.234 e. The molecule has 0 saturated carbocycles. The van der Waals surface area contributed by atoms with E-state index in [1.807, 2.05) is 12.1 Å². The van der Waals surface area contributed by atoms with Crippen LogP contribution in [0.2, 0.25) is 0 Å². The minimum Gasteiger partial charge on any atom is -0.321 e. The van der Waals surface area contributed by atoms with Gasteiger partial charge < -0.3 is 4.90 Å². The van der Waals surface area contributed by atoms with Gasteiger partial charge in [-0.2, -0.15) is 0 Å². The van der Waals surface area contributed by atoms with Crippen LogP contribution in [0.25, 0.3) is 0 Å². The van der Waals surface area contributed by atoms with E-state index in [0.29, 0.717) is 11.3 Å². The molecular weight excluding hydrogens is 294 g/mol. The van der Waals surface area contributed by atoms with Crippen molar-refractivity contribution in [1.29, 1.82) is 0 Å². The van der Waals surface area contributed by atoms with Gasteiger partial charge in [-0.3, -0.25) is 9.78 Å². The Morgan fingerprint density at radius 1 is 1.24 bits per heavy atom. The molecule has 0 N–H and O–H groups in total. The number of carbonyl (C=O) groups is 1. The highest BCUT2D eigenvalue weighted by Gasteiger charge is 2.33. The highest BCUT2D eigenvalue weighted by Crippen LogP contribution is 2.39. The molecule has 6 heteroatoms. The number of hydrogen-bond acceptors (Lipinski definition) is 3. The summed E-state index contributed by atoms with van der Waals surface area (Å²) in [5, 5.41) is -0.162. The molecule has 1 atom stereocenters. The Bertz CT molecular complexity index is 666. The van der Waals surface area contributed by atoms with Crippen LogP contribution >= 0.6 is 11.8 Å². The maximum Gasteiger partial charge on any atom is 0.234 e. The summed E-state index contributed by atoms with van der Waals surface area (Å²) in [6.07, 6.45) is 3.32. The number of hydrogen-bond donors (Lipinski definition) is 0. The first-order valence-electron chi connectivity index (χ1n) is 6.40. The van der Waals surface area contributed by atoms with Crippen molar-refractivity contribution in [2.45, 2.75) is 11.9 Å². The lowest BCUT2D eigenvalue weighted by Gasteiger charge is -2.24. The SMILES string of the molecule is O=C1CSC(c2ccncc2)N1Cc1ccc(F)cc1F. The zero-order valence-electron chi connectivity index (χ0n) is 11.0. The van der Waals surface area contributed by atoms with Gasteiger partial charge in [-0.15, -0.1) is 11.8 Å². The summed E-state index contributed by atoms with van der Waals surface area (Å²) in [7, 11) is 0. The minimum absolute atomic E-state index is 0.0504. The average Bonchev–Trinajstić information content (AvgIpc) is 2.84. The maximum atomic E-state index is 13.8. The third-order valence-corrected chi connectivity index (χ3v) is 4.57. The molecule has 1 unspecified atom stereocenters. The maximum absolute atomic E-state index is 13.8. The van der Waals surface area contributed by atoms with Crippen molar-refractivity contribution in [3.05, 3.63) is 65.5 Å².